The first-order chi connectivity index (χ1) is 14.0. The molecule has 1 aromatic carbocycles. The van der Waals surface area contributed by atoms with Crippen molar-refractivity contribution in [1.82, 2.24) is 15.2 Å². The minimum absolute atomic E-state index is 0.130. The van der Waals surface area contributed by atoms with Crippen molar-refractivity contribution in [2.24, 2.45) is 0 Å². The lowest BCUT2D eigenvalue weighted by Crippen LogP contribution is -2.28. The van der Waals surface area contributed by atoms with E-state index in [1.54, 1.807) is 0 Å². The first kappa shape index (κ1) is 6.40. The topological polar surface area (TPSA) is 57.4 Å². The molecule has 0 spiro atoms. The van der Waals surface area contributed by atoms with Gasteiger partial charge in [0.1, 0.15) is 6.56 Å². The van der Waals surface area contributed by atoms with Gasteiger partial charge in [0.15, 0.2) is 2.82 Å². The minimum atomic E-state index is -3.14. The van der Waals surface area contributed by atoms with Crippen LogP contribution in [-0.4, -0.2) is 49.1 Å². The lowest BCUT2D eigenvalue weighted by molar-refractivity contribution is 0.177. The van der Waals surface area contributed by atoms with E-state index in [4.69, 9.17) is 13.8 Å². The highest BCUT2D eigenvalue weighted by Crippen LogP contribution is 2.21. The summed E-state index contributed by atoms with van der Waals surface area (Å²) in [6.45, 7) is -5.02. The molecule has 1 aliphatic rings. The van der Waals surface area contributed by atoms with Crippen molar-refractivity contribution in [2.75, 3.05) is 27.2 Å². The molecule has 0 radical (unpaired) electrons. The van der Waals surface area contributed by atoms with E-state index < -0.39 is 31.5 Å². The fourth-order valence-electron chi connectivity index (χ4n) is 1.93. The Kier molecular flexibility index (Phi) is 1.76. The number of nitrogens with one attached hydrogen (secondary N) is 2. The zero-order valence-corrected chi connectivity index (χ0v) is 11.6. The van der Waals surface area contributed by atoms with Crippen LogP contribution in [0.15, 0.2) is 24.4 Å². The van der Waals surface area contributed by atoms with Crippen LogP contribution in [0.3, 0.4) is 0 Å². The zero-order chi connectivity index (χ0) is 23.7. The second kappa shape index (κ2) is 5.77. The predicted molar refractivity (Wildman–Crippen MR) is 82.5 cm³/mol. The number of aryl methyl sites for hydroxylation is 1. The van der Waals surface area contributed by atoms with Gasteiger partial charge < -0.3 is 19.9 Å². The Morgan fingerprint density at radius 3 is 3.24 bits per heavy atom. The van der Waals surface area contributed by atoms with Gasteiger partial charge in [0, 0.05) is 29.1 Å². The first-order valence-corrected chi connectivity index (χ1v) is 6.32. The number of likely N-dealkylation sites (N-methyl/N-ethyl adjacent to an activating group) is 1. The van der Waals surface area contributed by atoms with Crippen LogP contribution in [-0.2, 0) is 17.5 Å². The van der Waals surface area contributed by atoms with Crippen molar-refractivity contribution >= 4 is 17.0 Å². The quantitative estimate of drug-likeness (QED) is 0.886. The first-order valence-electron chi connectivity index (χ1n) is 11.2. The Labute approximate surface area is 138 Å². The maximum absolute atomic E-state index is 11.7. The third-order valence-corrected chi connectivity index (χ3v) is 2.91. The summed E-state index contributed by atoms with van der Waals surface area (Å²) in [5.41, 5.74) is 0.0363. The number of hydrogen-bond acceptors (Lipinski definition) is 3. The lowest BCUT2D eigenvalue weighted by atomic mass is 10.0. The number of alkyl carbamates (subject to hydrolysis) is 1. The second-order valence-corrected chi connectivity index (χ2v) is 4.72. The van der Waals surface area contributed by atoms with Gasteiger partial charge in [-0.2, -0.15) is 0 Å². The summed E-state index contributed by atoms with van der Waals surface area (Å²) in [5.74, 6) is 0. The lowest BCUT2D eigenvalue weighted by Gasteiger charge is -2.09. The molecule has 1 aromatic heterocycles. The molecule has 2 heterocycles. The van der Waals surface area contributed by atoms with E-state index in [-0.39, 0.29) is 39.9 Å². The van der Waals surface area contributed by atoms with Crippen molar-refractivity contribution in [3.05, 3.63) is 35.5 Å². The van der Waals surface area contributed by atoms with E-state index >= 15 is 0 Å². The monoisotopic (exact) mass is 297 g/mol. The summed E-state index contributed by atoms with van der Waals surface area (Å²) >= 11 is 0. The van der Waals surface area contributed by atoms with Gasteiger partial charge in [-0.25, -0.2) is 4.79 Å². The maximum Gasteiger partial charge on any atom is 0.407 e. The number of nitrogens with zero attached hydrogens (tertiary/aromatic N) is 1. The highest BCUT2D eigenvalue weighted by molar-refractivity contribution is 5.84. The standard InChI is InChI=1S/C16H21N3O2/c1-19(2)6-5-12-9-17-15-4-3-11(8-14(12)15)7-13-10-21-16(20)18-13/h3-4,8-9,13,17H,5-7,10H2,1-2H3,(H,18,20)/t13-/m0/s1/i6D2,7D2,9D,10D2,13D/hD2. The van der Waals surface area contributed by atoms with Crippen LogP contribution in [0.5, 0.6) is 0 Å². The zero-order valence-electron chi connectivity index (χ0n) is 21.6. The fraction of sp³-hybridized carbons (Fsp3) is 0.438. The number of amides is 1. The smallest absolute Gasteiger partial charge is 0.407 e. The molecular formula is C16H21N3O2. The Morgan fingerprint density at radius 2 is 2.52 bits per heavy atom. The molecule has 0 saturated carbocycles. The number of aromatic amines is 1. The maximum atomic E-state index is 11.7. The van der Waals surface area contributed by atoms with Crippen molar-refractivity contribution in [3.8, 4) is 0 Å². The van der Waals surface area contributed by atoms with E-state index in [2.05, 4.69) is 4.74 Å². The van der Waals surface area contributed by atoms with Crippen LogP contribution in [0.25, 0.3) is 10.9 Å². The molecule has 0 aliphatic carbocycles. The number of ether oxygens (including phenoxy) is 1. The molecule has 112 valence electrons. The molecule has 1 aliphatic heterocycles. The van der Waals surface area contributed by atoms with Gasteiger partial charge in [0.05, 0.1) is 11.5 Å². The summed E-state index contributed by atoms with van der Waals surface area (Å²) in [7, 11) is 3.03. The average Bonchev–Trinajstić information content (AvgIpc) is 2.98. The Morgan fingerprint density at radius 1 is 1.67 bits per heavy atom. The van der Waals surface area contributed by atoms with Crippen LogP contribution in [0.4, 0.5) is 4.79 Å². The molecule has 1 fully saturated rings. The summed E-state index contributed by atoms with van der Waals surface area (Å²) in [6, 6.07) is 0.590. The van der Waals surface area contributed by atoms with Crippen molar-refractivity contribution in [1.29, 1.82) is 0 Å². The average molecular weight is 297 g/mol. The Balaban J connectivity index is 2.21. The second-order valence-electron chi connectivity index (χ2n) is 4.72. The minimum Gasteiger partial charge on any atom is -0.447 e. The molecule has 5 heteroatoms. The van der Waals surface area contributed by atoms with Crippen molar-refractivity contribution < 1.29 is 23.3 Å². The van der Waals surface area contributed by atoms with Crippen molar-refractivity contribution in [2.45, 2.75) is 18.8 Å². The molecule has 0 unspecified atom stereocenters. The van der Waals surface area contributed by atoms with Gasteiger partial charge in [0.25, 0.3) is 0 Å². The molecular weight excluding hydrogens is 266 g/mol. The Bertz CT molecular complexity index is 1050. The molecule has 5 nitrogen and oxygen atoms in total. The van der Waals surface area contributed by atoms with E-state index in [1.807, 2.05) is 0 Å². The van der Waals surface area contributed by atoms with Gasteiger partial charge in [-0.3, -0.25) is 0 Å². The van der Waals surface area contributed by atoms with Crippen LogP contribution < -0.4 is 5.31 Å². The van der Waals surface area contributed by atoms with Crippen molar-refractivity contribution in [3.63, 3.8) is 0 Å². The van der Waals surface area contributed by atoms with Gasteiger partial charge in [-0.05, 0) is 50.1 Å². The molecule has 2 N–H and O–H groups in total. The van der Waals surface area contributed by atoms with E-state index in [0.717, 1.165) is 4.98 Å². The molecule has 3 rings (SSSR count). The molecule has 1 atom stereocenters. The summed E-state index contributed by atoms with van der Waals surface area (Å²) in [5, 5.41) is -0.00742. The molecule has 1 amide bonds. The number of hydrogen-bond donors (Lipinski definition) is 2. The SMILES string of the molecule is [2H]c1c(CC([2H])([2H])N(C)C)c2cc(C([2H])([2H])[C@]3([2H])N([2H])C(=O)OC3([2H])[2H])ccc2n1[2H]. The van der Waals surface area contributed by atoms with E-state index in [9.17, 15) is 4.79 Å². The molecule has 1 saturated heterocycles. The normalized spacial score (nSPS) is 32.9. The number of fused-ring (bicyclic) bond motifs is 1. The number of aromatic nitrogens is 1. The van der Waals surface area contributed by atoms with Crippen LogP contribution in [0.2, 0.25) is 2.82 Å². The highest BCUT2D eigenvalue weighted by atomic mass is 16.6. The number of carbonyl (C=O) groups is 1. The third kappa shape index (κ3) is 3.19. The van der Waals surface area contributed by atoms with Crippen LogP contribution in [0.1, 0.15) is 22.1 Å². The van der Waals surface area contributed by atoms with Gasteiger partial charge in [0.2, 0.25) is 0 Å². The number of H-pyrrole nitrogens is 1. The number of rotatable bonds is 5. The largest absolute Gasteiger partial charge is 0.447 e. The molecule has 21 heavy (non-hydrogen) atoms. The predicted octanol–water partition coefficient (Wildman–Crippen LogP) is 1.92. The van der Waals surface area contributed by atoms with Crippen LogP contribution >= 0.6 is 0 Å². The molecule has 0 bridgehead atoms. The number of carbonyl (C=O) groups excluding carboxylic acids is 1. The summed E-state index contributed by atoms with van der Waals surface area (Å²) in [6.07, 6.45) is -5.03. The van der Waals surface area contributed by atoms with Gasteiger partial charge >= 0.3 is 6.09 Å². The third-order valence-electron chi connectivity index (χ3n) is 2.91. The number of benzene rings is 1. The highest BCUT2D eigenvalue weighted by Gasteiger charge is 2.22. The summed E-state index contributed by atoms with van der Waals surface area (Å²) in [4.78, 5) is 13.8. The summed E-state index contributed by atoms with van der Waals surface area (Å²) < 4.78 is 85.6. The van der Waals surface area contributed by atoms with Gasteiger partial charge in [-0.15, -0.1) is 0 Å². The number of cyclic esters (lactones) is 1. The fourth-order valence-corrected chi connectivity index (χ4v) is 1.93. The van der Waals surface area contributed by atoms with E-state index in [1.165, 1.54) is 37.2 Å². The van der Waals surface area contributed by atoms with E-state index in [0.29, 0.717) is 0 Å². The molecule has 2 aromatic rings. The van der Waals surface area contributed by atoms with Crippen LogP contribution in [0, 0.1) is 0 Å². The Hall–Kier alpha value is -2.01. The van der Waals surface area contributed by atoms with Gasteiger partial charge in [-0.1, -0.05) is 6.07 Å².